The predicted octanol–water partition coefficient (Wildman–Crippen LogP) is 8.49. The maximum atomic E-state index is 12.5. The minimum absolute atomic E-state index is 0.0147. The van der Waals surface area contributed by atoms with Crippen LogP contribution in [-0.2, 0) is 0 Å². The van der Waals surface area contributed by atoms with Crippen molar-refractivity contribution >= 4 is 0 Å². The number of fused-ring (bicyclic) bond motifs is 3. The fourth-order valence-corrected chi connectivity index (χ4v) is 13.3. The summed E-state index contributed by atoms with van der Waals surface area (Å²) < 4.78 is 0. The highest BCUT2D eigenvalue weighted by Gasteiger charge is 2.70. The van der Waals surface area contributed by atoms with Crippen LogP contribution < -0.4 is 0 Å². The number of aliphatic hydroxyl groups is 3. The van der Waals surface area contributed by atoms with E-state index in [1.165, 1.54) is 70.6 Å². The molecule has 0 aromatic heterocycles. The van der Waals surface area contributed by atoms with Crippen LogP contribution in [0.15, 0.2) is 0 Å². The van der Waals surface area contributed by atoms with Crippen molar-refractivity contribution < 1.29 is 15.3 Å². The summed E-state index contributed by atoms with van der Waals surface area (Å²) in [7, 11) is 0. The van der Waals surface area contributed by atoms with Crippen LogP contribution in [0.3, 0.4) is 0 Å². The molecule has 5 aliphatic carbocycles. The lowest BCUT2D eigenvalue weighted by Gasteiger charge is -2.72. The number of rotatable bonds is 6. The second-order valence-electron chi connectivity index (χ2n) is 17.4. The molecule has 5 saturated carbocycles. The van der Waals surface area contributed by atoms with Gasteiger partial charge in [0.25, 0.3) is 0 Å². The molecule has 40 heavy (non-hydrogen) atoms. The molecular formula is C37H66O3. The molecule has 0 aromatic carbocycles. The average molecular weight is 559 g/mol. The van der Waals surface area contributed by atoms with Crippen LogP contribution in [0.5, 0.6) is 0 Å². The first-order chi connectivity index (χ1) is 18.8. The van der Waals surface area contributed by atoms with Crippen LogP contribution in [0.25, 0.3) is 0 Å². The van der Waals surface area contributed by atoms with Crippen molar-refractivity contribution in [1.29, 1.82) is 0 Å². The summed E-state index contributed by atoms with van der Waals surface area (Å²) in [6, 6.07) is 0. The molecule has 0 bridgehead atoms. The van der Waals surface area contributed by atoms with Crippen LogP contribution in [0.4, 0.5) is 0 Å². The van der Waals surface area contributed by atoms with Gasteiger partial charge >= 0.3 is 0 Å². The molecule has 14 atom stereocenters. The van der Waals surface area contributed by atoms with Gasteiger partial charge in [0.15, 0.2) is 0 Å². The smallest absolute Gasteiger partial charge is 0.0656 e. The van der Waals surface area contributed by atoms with Gasteiger partial charge in [-0.25, -0.2) is 0 Å². The Morgan fingerprint density at radius 2 is 1.50 bits per heavy atom. The van der Waals surface area contributed by atoms with Gasteiger partial charge in [-0.05, 0) is 110 Å². The fraction of sp³-hybridized carbons (Fsp3) is 1.00. The zero-order valence-electron chi connectivity index (χ0n) is 27.5. The van der Waals surface area contributed by atoms with E-state index in [1.54, 1.807) is 0 Å². The van der Waals surface area contributed by atoms with E-state index in [9.17, 15) is 15.3 Å². The van der Waals surface area contributed by atoms with Crippen molar-refractivity contribution in [1.82, 2.24) is 0 Å². The Morgan fingerprint density at radius 3 is 2.12 bits per heavy atom. The third kappa shape index (κ3) is 4.87. The molecule has 232 valence electrons. The van der Waals surface area contributed by atoms with Crippen LogP contribution in [-0.4, -0.2) is 33.6 Å². The molecule has 0 saturated heterocycles. The summed E-state index contributed by atoms with van der Waals surface area (Å²) in [6.45, 7) is 18.6. The van der Waals surface area contributed by atoms with Gasteiger partial charge in [0.1, 0.15) is 0 Å². The Morgan fingerprint density at radius 1 is 0.825 bits per heavy atom. The molecule has 3 heteroatoms. The molecule has 5 aliphatic rings. The lowest BCUT2D eigenvalue weighted by atomic mass is 9.34. The zero-order chi connectivity index (χ0) is 29.2. The van der Waals surface area contributed by atoms with E-state index in [0.717, 1.165) is 30.6 Å². The summed E-state index contributed by atoms with van der Waals surface area (Å²) in [5.74, 6) is 4.91. The van der Waals surface area contributed by atoms with Gasteiger partial charge in [-0.1, -0.05) is 93.4 Å². The molecule has 0 amide bonds. The molecule has 3 nitrogen and oxygen atoms in total. The average Bonchev–Trinajstić information content (AvgIpc) is 2.86. The second-order valence-corrected chi connectivity index (χ2v) is 17.4. The molecule has 14 unspecified atom stereocenters. The van der Waals surface area contributed by atoms with Gasteiger partial charge in [-0.3, -0.25) is 0 Å². The third-order valence-electron chi connectivity index (χ3n) is 15.2. The van der Waals surface area contributed by atoms with E-state index >= 15 is 0 Å². The lowest BCUT2D eigenvalue weighted by Crippen LogP contribution is -2.70. The monoisotopic (exact) mass is 559 g/mol. The first-order valence-electron chi connectivity index (χ1n) is 17.8. The molecule has 0 aromatic rings. The summed E-state index contributed by atoms with van der Waals surface area (Å²) in [5.41, 5.74) is -0.175. The highest BCUT2D eigenvalue weighted by atomic mass is 16.3. The normalized spacial score (nSPS) is 55.6. The van der Waals surface area contributed by atoms with Crippen LogP contribution >= 0.6 is 0 Å². The number of hydrogen-bond donors (Lipinski definition) is 3. The van der Waals surface area contributed by atoms with E-state index in [2.05, 4.69) is 48.5 Å². The second kappa shape index (κ2) is 11.4. The topological polar surface area (TPSA) is 60.7 Å². The zero-order valence-corrected chi connectivity index (χ0v) is 27.5. The molecule has 5 rings (SSSR count). The Balaban J connectivity index is 1.40. The first kappa shape index (κ1) is 31.3. The standard InChI is InChI=1S/C37H66O3/c1-9-10-11-12-26-14-16-27(17-15-26)28-18-13-22(2)31-29(28)20-35(6)21-36(7)19-23(3)30(25(5)38)34(40)37(36,8)24(4)32(35)33(31)39/h22-34,38-40H,9-21H2,1-8H3. The van der Waals surface area contributed by atoms with Gasteiger partial charge in [-0.15, -0.1) is 0 Å². The lowest BCUT2D eigenvalue weighted by molar-refractivity contribution is -0.280. The van der Waals surface area contributed by atoms with Crippen LogP contribution in [0.1, 0.15) is 139 Å². The van der Waals surface area contributed by atoms with Crippen molar-refractivity contribution in [3.05, 3.63) is 0 Å². The molecule has 0 radical (unpaired) electrons. The van der Waals surface area contributed by atoms with Gasteiger partial charge in [0.05, 0.1) is 18.3 Å². The minimum Gasteiger partial charge on any atom is -0.393 e. The maximum Gasteiger partial charge on any atom is 0.0656 e. The number of aliphatic hydroxyl groups excluding tert-OH is 3. The maximum absolute atomic E-state index is 12.5. The summed E-state index contributed by atoms with van der Waals surface area (Å²) in [6.07, 6.45) is 16.1. The van der Waals surface area contributed by atoms with Crippen molar-refractivity contribution in [2.75, 3.05) is 0 Å². The number of unbranched alkanes of at least 4 members (excludes halogenated alkanes) is 2. The van der Waals surface area contributed by atoms with E-state index < -0.39 is 12.2 Å². The Labute approximate surface area is 247 Å². The molecule has 0 heterocycles. The van der Waals surface area contributed by atoms with Crippen molar-refractivity contribution in [2.45, 2.75) is 157 Å². The minimum atomic E-state index is -0.533. The van der Waals surface area contributed by atoms with Crippen molar-refractivity contribution in [3.63, 3.8) is 0 Å². The highest BCUT2D eigenvalue weighted by molar-refractivity contribution is 5.18. The largest absolute Gasteiger partial charge is 0.393 e. The first-order valence-corrected chi connectivity index (χ1v) is 17.8. The van der Waals surface area contributed by atoms with E-state index in [1.807, 2.05) is 6.92 Å². The highest BCUT2D eigenvalue weighted by Crippen LogP contribution is 2.73. The predicted molar refractivity (Wildman–Crippen MR) is 166 cm³/mol. The van der Waals surface area contributed by atoms with Crippen LogP contribution in [0.2, 0.25) is 0 Å². The molecule has 0 aliphatic heterocycles. The summed E-state index contributed by atoms with van der Waals surface area (Å²) in [5, 5.41) is 35.2. The molecule has 3 N–H and O–H groups in total. The Kier molecular flexibility index (Phi) is 8.94. The van der Waals surface area contributed by atoms with E-state index in [-0.39, 0.29) is 40.1 Å². The molecule has 5 fully saturated rings. The van der Waals surface area contributed by atoms with Crippen molar-refractivity contribution in [3.8, 4) is 0 Å². The SMILES string of the molecule is CCCCCC1CCC(C2CCC(C)C3C(O)C4C(C)C5(C)C(O)C(C(C)O)C(C)CC5(C)CC4(C)CC23)CC1. The quantitative estimate of drug-likeness (QED) is 0.286. The fourth-order valence-electron chi connectivity index (χ4n) is 13.3. The van der Waals surface area contributed by atoms with Gasteiger partial charge < -0.3 is 15.3 Å². The Hall–Kier alpha value is -0.120. The van der Waals surface area contributed by atoms with Gasteiger partial charge in [0.2, 0.25) is 0 Å². The Bertz CT molecular complexity index is 863. The van der Waals surface area contributed by atoms with Gasteiger partial charge in [-0.2, -0.15) is 0 Å². The van der Waals surface area contributed by atoms with Gasteiger partial charge in [0, 0.05) is 11.3 Å². The third-order valence-corrected chi connectivity index (χ3v) is 15.2. The summed E-state index contributed by atoms with van der Waals surface area (Å²) >= 11 is 0. The van der Waals surface area contributed by atoms with E-state index in [0.29, 0.717) is 23.7 Å². The summed E-state index contributed by atoms with van der Waals surface area (Å²) in [4.78, 5) is 0. The van der Waals surface area contributed by atoms with E-state index in [4.69, 9.17) is 0 Å². The number of hydrogen-bond acceptors (Lipinski definition) is 3. The van der Waals surface area contributed by atoms with Crippen LogP contribution in [0, 0.1) is 75.4 Å². The molecule has 0 spiro atoms. The molecular weight excluding hydrogens is 492 g/mol. The van der Waals surface area contributed by atoms with Crippen molar-refractivity contribution in [2.24, 2.45) is 75.4 Å².